The van der Waals surface area contributed by atoms with Crippen molar-refractivity contribution in [1.29, 1.82) is 0 Å². The van der Waals surface area contributed by atoms with Crippen LogP contribution in [-0.2, 0) is 16.0 Å². The number of aromatic nitrogens is 1. The van der Waals surface area contributed by atoms with Crippen LogP contribution in [-0.4, -0.2) is 31.2 Å². The maximum Gasteiger partial charge on any atom is 0.224 e. The number of oxazole rings is 1. The fraction of sp³-hybridized carbons (Fsp3) is 0.429. The van der Waals surface area contributed by atoms with Crippen molar-refractivity contribution >= 4 is 17.0 Å². The lowest BCUT2D eigenvalue weighted by atomic mass is 10.1. The molecule has 0 unspecified atom stereocenters. The average molecular weight is 262 g/mol. The molecule has 5 heteroatoms. The quantitative estimate of drug-likeness (QED) is 0.807. The maximum atomic E-state index is 11.7. The second-order valence-electron chi connectivity index (χ2n) is 4.41. The van der Waals surface area contributed by atoms with Gasteiger partial charge >= 0.3 is 0 Å². The van der Waals surface area contributed by atoms with Crippen LogP contribution in [0.4, 0.5) is 0 Å². The topological polar surface area (TPSA) is 64.4 Å². The van der Waals surface area contributed by atoms with Crippen molar-refractivity contribution in [3.63, 3.8) is 0 Å². The van der Waals surface area contributed by atoms with Gasteiger partial charge in [-0.1, -0.05) is 6.07 Å². The van der Waals surface area contributed by atoms with Crippen molar-refractivity contribution < 1.29 is 13.9 Å². The molecular formula is C14H18N2O3. The highest BCUT2D eigenvalue weighted by molar-refractivity contribution is 5.80. The molecule has 2 aromatic rings. The second-order valence-corrected chi connectivity index (χ2v) is 4.41. The van der Waals surface area contributed by atoms with Crippen molar-refractivity contribution in [1.82, 2.24) is 10.3 Å². The summed E-state index contributed by atoms with van der Waals surface area (Å²) in [5, 5.41) is 2.85. The number of aryl methyl sites for hydroxylation is 1. The molecule has 0 fully saturated rings. The molecule has 1 aromatic heterocycles. The highest BCUT2D eigenvalue weighted by Crippen LogP contribution is 2.17. The molecule has 0 aliphatic carbocycles. The lowest BCUT2D eigenvalue weighted by Gasteiger charge is -2.04. The molecule has 0 spiro atoms. The largest absolute Gasteiger partial charge is 0.441 e. The predicted molar refractivity (Wildman–Crippen MR) is 72.0 cm³/mol. The van der Waals surface area contributed by atoms with E-state index >= 15 is 0 Å². The molecule has 2 rings (SSSR count). The number of nitrogens with one attached hydrogen (secondary N) is 1. The second kappa shape index (κ2) is 6.33. The van der Waals surface area contributed by atoms with E-state index in [1.807, 2.05) is 25.1 Å². The van der Waals surface area contributed by atoms with Crippen LogP contribution in [0.25, 0.3) is 11.1 Å². The van der Waals surface area contributed by atoms with Gasteiger partial charge in [-0.25, -0.2) is 4.98 Å². The average Bonchev–Trinajstić information content (AvgIpc) is 2.74. The van der Waals surface area contributed by atoms with Gasteiger partial charge in [0.2, 0.25) is 5.91 Å². The molecule has 0 radical (unpaired) electrons. The summed E-state index contributed by atoms with van der Waals surface area (Å²) >= 11 is 0. The van der Waals surface area contributed by atoms with Crippen LogP contribution in [0.5, 0.6) is 0 Å². The van der Waals surface area contributed by atoms with Gasteiger partial charge in [-0.2, -0.15) is 0 Å². The summed E-state index contributed by atoms with van der Waals surface area (Å²) in [6.45, 7) is 3.10. The Morgan fingerprint density at radius 3 is 3.11 bits per heavy atom. The van der Waals surface area contributed by atoms with Crippen LogP contribution in [0.2, 0.25) is 0 Å². The van der Waals surface area contributed by atoms with Crippen molar-refractivity contribution in [2.75, 3.05) is 20.3 Å². The molecule has 19 heavy (non-hydrogen) atoms. The lowest BCUT2D eigenvalue weighted by Crippen LogP contribution is -2.26. The van der Waals surface area contributed by atoms with Gasteiger partial charge in [0.05, 0.1) is 6.42 Å². The minimum atomic E-state index is 0.00619. The Kier molecular flexibility index (Phi) is 4.52. The van der Waals surface area contributed by atoms with E-state index in [0.717, 1.165) is 23.1 Å². The molecule has 102 valence electrons. The van der Waals surface area contributed by atoms with Gasteiger partial charge in [0.1, 0.15) is 5.52 Å². The van der Waals surface area contributed by atoms with Crippen molar-refractivity contribution in [2.24, 2.45) is 0 Å². The van der Waals surface area contributed by atoms with Gasteiger partial charge in [0.15, 0.2) is 11.5 Å². The molecule has 1 N–H and O–H groups in total. The Labute approximate surface area is 112 Å². The van der Waals surface area contributed by atoms with Gasteiger partial charge in [0.25, 0.3) is 0 Å². The molecule has 0 aliphatic rings. The van der Waals surface area contributed by atoms with Crippen LogP contribution in [0.3, 0.4) is 0 Å². The van der Waals surface area contributed by atoms with E-state index < -0.39 is 0 Å². The van der Waals surface area contributed by atoms with Crippen LogP contribution in [0.15, 0.2) is 22.6 Å². The molecule has 1 aromatic carbocycles. The summed E-state index contributed by atoms with van der Waals surface area (Å²) in [6, 6.07) is 5.64. The number of benzene rings is 1. The number of methoxy groups -OCH3 is 1. The first-order valence-electron chi connectivity index (χ1n) is 6.31. The van der Waals surface area contributed by atoms with E-state index in [-0.39, 0.29) is 5.91 Å². The third-order valence-corrected chi connectivity index (χ3v) is 2.77. The number of rotatable bonds is 6. The van der Waals surface area contributed by atoms with E-state index in [4.69, 9.17) is 9.15 Å². The summed E-state index contributed by atoms with van der Waals surface area (Å²) in [7, 11) is 1.65. The molecule has 1 amide bonds. The van der Waals surface area contributed by atoms with Gasteiger partial charge in [-0.15, -0.1) is 0 Å². The fourth-order valence-electron chi connectivity index (χ4n) is 1.89. The lowest BCUT2D eigenvalue weighted by molar-refractivity contribution is -0.120. The molecule has 1 heterocycles. The molecule has 5 nitrogen and oxygen atoms in total. The van der Waals surface area contributed by atoms with Crippen LogP contribution >= 0.6 is 0 Å². The van der Waals surface area contributed by atoms with Crippen LogP contribution in [0, 0.1) is 6.92 Å². The Hall–Kier alpha value is -1.88. The van der Waals surface area contributed by atoms with Gasteiger partial charge < -0.3 is 14.5 Å². The van der Waals surface area contributed by atoms with Crippen molar-refractivity contribution in [3.8, 4) is 0 Å². The van der Waals surface area contributed by atoms with Crippen LogP contribution in [0.1, 0.15) is 17.9 Å². The first-order valence-corrected chi connectivity index (χ1v) is 6.31. The number of hydrogen-bond acceptors (Lipinski definition) is 4. The summed E-state index contributed by atoms with van der Waals surface area (Å²) < 4.78 is 10.4. The monoisotopic (exact) mass is 262 g/mol. The highest BCUT2D eigenvalue weighted by atomic mass is 16.5. The Balaban J connectivity index is 1.91. The first kappa shape index (κ1) is 13.5. The minimum Gasteiger partial charge on any atom is -0.441 e. The highest BCUT2D eigenvalue weighted by Gasteiger charge is 2.06. The van der Waals surface area contributed by atoms with E-state index in [9.17, 15) is 4.79 Å². The number of ether oxygens (including phenoxy) is 1. The fourth-order valence-corrected chi connectivity index (χ4v) is 1.89. The molecule has 0 bridgehead atoms. The molecule has 0 aliphatic heterocycles. The van der Waals surface area contributed by atoms with E-state index in [0.29, 0.717) is 25.5 Å². The Morgan fingerprint density at radius 1 is 1.47 bits per heavy atom. The SMILES string of the molecule is COCCCNC(=O)Cc1ccc2nc(C)oc2c1. The zero-order chi connectivity index (χ0) is 13.7. The van der Waals surface area contributed by atoms with Crippen molar-refractivity contribution in [3.05, 3.63) is 29.7 Å². The van der Waals surface area contributed by atoms with E-state index in [1.165, 1.54) is 0 Å². The van der Waals surface area contributed by atoms with E-state index in [1.54, 1.807) is 7.11 Å². The number of fused-ring (bicyclic) bond motifs is 1. The predicted octanol–water partition coefficient (Wildman–Crippen LogP) is 1.83. The maximum absolute atomic E-state index is 11.7. The number of hydrogen-bond donors (Lipinski definition) is 1. The van der Waals surface area contributed by atoms with Gasteiger partial charge in [-0.3, -0.25) is 4.79 Å². The normalized spacial score (nSPS) is 10.8. The Bertz CT molecular complexity index is 563. The van der Waals surface area contributed by atoms with Crippen molar-refractivity contribution in [2.45, 2.75) is 19.8 Å². The summed E-state index contributed by atoms with van der Waals surface area (Å²) in [6.07, 6.45) is 1.17. The summed E-state index contributed by atoms with van der Waals surface area (Å²) in [5.74, 6) is 0.642. The number of carbonyl (C=O) groups is 1. The summed E-state index contributed by atoms with van der Waals surface area (Å²) in [4.78, 5) is 15.9. The third-order valence-electron chi connectivity index (χ3n) is 2.77. The zero-order valence-electron chi connectivity index (χ0n) is 11.2. The Morgan fingerprint density at radius 2 is 2.32 bits per heavy atom. The third kappa shape index (κ3) is 3.79. The first-order chi connectivity index (χ1) is 9.19. The smallest absolute Gasteiger partial charge is 0.224 e. The van der Waals surface area contributed by atoms with Crippen LogP contribution < -0.4 is 5.32 Å². The minimum absolute atomic E-state index is 0.00619. The summed E-state index contributed by atoms with van der Waals surface area (Å²) in [5.41, 5.74) is 2.47. The van der Waals surface area contributed by atoms with E-state index in [2.05, 4.69) is 10.3 Å². The molecular weight excluding hydrogens is 244 g/mol. The van der Waals surface area contributed by atoms with Gasteiger partial charge in [-0.05, 0) is 24.1 Å². The number of carbonyl (C=O) groups excluding carboxylic acids is 1. The number of amides is 1. The standard InChI is InChI=1S/C14H18N2O3/c1-10-16-12-5-4-11(8-13(12)19-10)9-14(17)15-6-3-7-18-2/h4-5,8H,3,6-7,9H2,1-2H3,(H,15,17). The zero-order valence-corrected chi connectivity index (χ0v) is 11.2. The molecule has 0 saturated carbocycles. The molecule has 0 atom stereocenters. The van der Waals surface area contributed by atoms with Gasteiger partial charge in [0, 0.05) is 27.2 Å². The molecule has 0 saturated heterocycles. The number of nitrogens with zero attached hydrogens (tertiary/aromatic N) is 1.